The maximum Gasteiger partial charge on any atom is 0.156 e. The van der Waals surface area contributed by atoms with Crippen LogP contribution < -0.4 is 4.90 Å². The van der Waals surface area contributed by atoms with E-state index in [4.69, 9.17) is 0 Å². The highest BCUT2D eigenvalue weighted by Gasteiger charge is 2.05. The number of nitrogens with zero attached hydrogens (tertiary/aromatic N) is 1. The van der Waals surface area contributed by atoms with Crippen LogP contribution in [-0.2, 0) is 4.79 Å². The first-order chi connectivity index (χ1) is 8.15. The summed E-state index contributed by atoms with van der Waals surface area (Å²) in [7, 11) is 4.06. The molecule has 17 heavy (non-hydrogen) atoms. The zero-order valence-corrected chi connectivity index (χ0v) is 10.3. The van der Waals surface area contributed by atoms with E-state index >= 15 is 0 Å². The van der Waals surface area contributed by atoms with Gasteiger partial charge in [-0.3, -0.25) is 4.79 Å². The molecule has 0 N–H and O–H groups in total. The third-order valence-electron chi connectivity index (χ3n) is 2.90. The molecule has 2 heteroatoms. The number of hydrogen-bond acceptors (Lipinski definition) is 2. The van der Waals surface area contributed by atoms with Gasteiger partial charge in [-0.1, -0.05) is 24.3 Å². The summed E-state index contributed by atoms with van der Waals surface area (Å²) in [6.07, 6.45) is 7.22. The van der Waals surface area contributed by atoms with Crippen molar-refractivity contribution in [2.45, 2.75) is 12.8 Å². The summed E-state index contributed by atoms with van der Waals surface area (Å²) in [6, 6.07) is 8.41. The summed E-state index contributed by atoms with van der Waals surface area (Å²) in [6.45, 7) is 0. The number of carbonyl (C=O) groups is 1. The molecule has 2 rings (SSSR count). The molecular weight excluding hydrogens is 210 g/mol. The minimum atomic E-state index is 0.227. The largest absolute Gasteiger partial charge is 0.378 e. The van der Waals surface area contributed by atoms with E-state index < -0.39 is 0 Å². The summed E-state index contributed by atoms with van der Waals surface area (Å²) in [5.74, 6) is 0.227. The third kappa shape index (κ3) is 3.06. The number of allylic oxidation sites excluding steroid dienone is 3. The Labute approximate surface area is 102 Å². The molecule has 0 amide bonds. The van der Waals surface area contributed by atoms with Gasteiger partial charge in [0.25, 0.3) is 0 Å². The molecule has 0 spiro atoms. The van der Waals surface area contributed by atoms with E-state index in [1.165, 1.54) is 16.8 Å². The summed E-state index contributed by atoms with van der Waals surface area (Å²) in [5, 5.41) is 0. The fourth-order valence-corrected chi connectivity index (χ4v) is 1.84. The van der Waals surface area contributed by atoms with Gasteiger partial charge in [-0.15, -0.1) is 0 Å². The molecule has 0 unspecified atom stereocenters. The Kier molecular flexibility index (Phi) is 3.43. The highest BCUT2D eigenvalue weighted by Crippen LogP contribution is 2.19. The molecular formula is C15H17NO. The van der Waals surface area contributed by atoms with E-state index in [2.05, 4.69) is 35.2 Å². The van der Waals surface area contributed by atoms with Crippen molar-refractivity contribution in [3.05, 3.63) is 47.6 Å². The monoisotopic (exact) mass is 227 g/mol. The molecule has 0 saturated carbocycles. The van der Waals surface area contributed by atoms with Crippen LogP contribution in [0.4, 0.5) is 5.69 Å². The van der Waals surface area contributed by atoms with E-state index in [9.17, 15) is 4.79 Å². The highest BCUT2D eigenvalue weighted by atomic mass is 16.1. The maximum absolute atomic E-state index is 11.1. The number of benzene rings is 1. The van der Waals surface area contributed by atoms with Crippen LogP contribution in [0, 0.1) is 0 Å². The second-order valence-corrected chi connectivity index (χ2v) is 4.50. The molecule has 88 valence electrons. The standard InChI is InChI=1S/C15H17NO/c1-16(2)14-7-3-12(4-8-14)11-13-5-9-15(17)10-6-13/h3-5,7-9,11H,6,10H2,1-2H3. The lowest BCUT2D eigenvalue weighted by Crippen LogP contribution is -2.07. The minimum absolute atomic E-state index is 0.227. The van der Waals surface area contributed by atoms with Gasteiger partial charge in [0.1, 0.15) is 0 Å². The molecule has 0 aromatic heterocycles. The van der Waals surface area contributed by atoms with Gasteiger partial charge in [-0.25, -0.2) is 0 Å². The number of ketones is 1. The highest BCUT2D eigenvalue weighted by molar-refractivity contribution is 5.92. The second-order valence-electron chi connectivity index (χ2n) is 4.50. The first kappa shape index (κ1) is 11.6. The van der Waals surface area contributed by atoms with Crippen LogP contribution >= 0.6 is 0 Å². The third-order valence-corrected chi connectivity index (χ3v) is 2.90. The fraction of sp³-hybridized carbons (Fsp3) is 0.267. The first-order valence-corrected chi connectivity index (χ1v) is 5.84. The molecule has 0 radical (unpaired) electrons. The van der Waals surface area contributed by atoms with Gasteiger partial charge >= 0.3 is 0 Å². The van der Waals surface area contributed by atoms with Gasteiger partial charge in [-0.2, -0.15) is 0 Å². The van der Waals surface area contributed by atoms with Crippen molar-refractivity contribution >= 4 is 17.5 Å². The van der Waals surface area contributed by atoms with Crippen LogP contribution in [0.2, 0.25) is 0 Å². The van der Waals surface area contributed by atoms with Gasteiger partial charge in [0.05, 0.1) is 0 Å². The zero-order chi connectivity index (χ0) is 12.3. The van der Waals surface area contributed by atoms with E-state index in [0.717, 1.165) is 6.42 Å². The van der Waals surface area contributed by atoms with Crippen molar-refractivity contribution in [3.63, 3.8) is 0 Å². The van der Waals surface area contributed by atoms with Crippen molar-refractivity contribution < 1.29 is 4.79 Å². The van der Waals surface area contributed by atoms with Crippen LogP contribution in [0.5, 0.6) is 0 Å². The van der Waals surface area contributed by atoms with Crippen molar-refractivity contribution in [2.75, 3.05) is 19.0 Å². The average Bonchev–Trinajstić information content (AvgIpc) is 2.33. The SMILES string of the molecule is CN(C)c1ccc(C=C2C=CC(=O)CC2)cc1. The summed E-state index contributed by atoms with van der Waals surface area (Å²) < 4.78 is 0. The minimum Gasteiger partial charge on any atom is -0.378 e. The Morgan fingerprint density at radius 1 is 1.06 bits per heavy atom. The average molecular weight is 227 g/mol. The normalized spacial score (nSPS) is 17.5. The molecule has 1 aromatic carbocycles. The Bertz CT molecular complexity index is 466. The van der Waals surface area contributed by atoms with Crippen molar-refractivity contribution in [3.8, 4) is 0 Å². The summed E-state index contributed by atoms with van der Waals surface area (Å²) in [5.41, 5.74) is 3.60. The lowest BCUT2D eigenvalue weighted by Gasteiger charge is -2.12. The van der Waals surface area contributed by atoms with Crippen LogP contribution in [0.15, 0.2) is 42.0 Å². The lowest BCUT2D eigenvalue weighted by atomic mass is 9.99. The second kappa shape index (κ2) is 5.00. The zero-order valence-electron chi connectivity index (χ0n) is 10.3. The molecule has 0 bridgehead atoms. The molecule has 0 atom stereocenters. The smallest absolute Gasteiger partial charge is 0.156 e. The van der Waals surface area contributed by atoms with E-state index in [-0.39, 0.29) is 5.78 Å². The maximum atomic E-state index is 11.1. The Hall–Kier alpha value is -1.83. The predicted molar refractivity (Wildman–Crippen MR) is 72.1 cm³/mol. The molecule has 2 nitrogen and oxygen atoms in total. The summed E-state index contributed by atoms with van der Waals surface area (Å²) in [4.78, 5) is 13.1. The summed E-state index contributed by atoms with van der Waals surface area (Å²) >= 11 is 0. The first-order valence-electron chi connectivity index (χ1n) is 5.84. The van der Waals surface area contributed by atoms with Crippen LogP contribution in [0.1, 0.15) is 18.4 Å². The number of hydrogen-bond donors (Lipinski definition) is 0. The topological polar surface area (TPSA) is 20.3 Å². The lowest BCUT2D eigenvalue weighted by molar-refractivity contribution is -0.114. The molecule has 0 heterocycles. The number of rotatable bonds is 2. The van der Waals surface area contributed by atoms with Crippen LogP contribution in [-0.4, -0.2) is 19.9 Å². The quantitative estimate of drug-likeness (QED) is 0.774. The van der Waals surface area contributed by atoms with Gasteiger partial charge in [0.15, 0.2) is 5.78 Å². The van der Waals surface area contributed by atoms with Crippen molar-refractivity contribution in [1.82, 2.24) is 0 Å². The van der Waals surface area contributed by atoms with Gasteiger partial charge in [0, 0.05) is 26.2 Å². The van der Waals surface area contributed by atoms with Crippen molar-refractivity contribution in [2.24, 2.45) is 0 Å². The molecule has 1 aromatic rings. The van der Waals surface area contributed by atoms with Crippen LogP contribution in [0.25, 0.3) is 6.08 Å². The number of anilines is 1. The van der Waals surface area contributed by atoms with E-state index in [0.29, 0.717) is 6.42 Å². The number of carbonyl (C=O) groups excluding carboxylic acids is 1. The Morgan fingerprint density at radius 3 is 2.29 bits per heavy atom. The fourth-order valence-electron chi connectivity index (χ4n) is 1.84. The van der Waals surface area contributed by atoms with E-state index in [1.807, 2.05) is 20.2 Å². The molecule has 0 saturated heterocycles. The van der Waals surface area contributed by atoms with Gasteiger partial charge in [-0.05, 0) is 35.8 Å². The Morgan fingerprint density at radius 2 is 1.76 bits per heavy atom. The van der Waals surface area contributed by atoms with Crippen molar-refractivity contribution in [1.29, 1.82) is 0 Å². The Balaban J connectivity index is 2.16. The molecule has 0 aliphatic heterocycles. The van der Waals surface area contributed by atoms with Gasteiger partial charge in [0.2, 0.25) is 0 Å². The predicted octanol–water partition coefficient (Wildman–Crippen LogP) is 3.06. The molecule has 1 aliphatic carbocycles. The van der Waals surface area contributed by atoms with Crippen LogP contribution in [0.3, 0.4) is 0 Å². The van der Waals surface area contributed by atoms with Gasteiger partial charge < -0.3 is 4.90 Å². The molecule has 0 fully saturated rings. The molecule has 1 aliphatic rings. The van der Waals surface area contributed by atoms with E-state index in [1.54, 1.807) is 6.08 Å².